The molecule has 0 spiro atoms. The van der Waals surface area contributed by atoms with E-state index in [4.69, 9.17) is 4.74 Å². The third-order valence-corrected chi connectivity index (χ3v) is 9.09. The predicted octanol–water partition coefficient (Wildman–Crippen LogP) is 4.92. The number of benzene rings is 2. The van der Waals surface area contributed by atoms with Crippen molar-refractivity contribution in [1.82, 2.24) is 4.98 Å². The number of thioether (sulfide) groups is 1. The molecule has 2 heterocycles. The van der Waals surface area contributed by atoms with E-state index in [-0.39, 0.29) is 35.5 Å². The maximum Gasteiger partial charge on any atom is 0.228 e. The number of ether oxygens (including phenoxy) is 1. The standard InChI is InChI=1S/C23H25FN2O4S3/c1-31-18-8-11-20-21(14-18)32-23(25-20)26(15-17-4-2-12-30-17)22(27)5-3-13-33(28,29)19-9-6-16(24)7-10-19/h6-11,14,17H,2-5,12-13,15H2,1H3. The van der Waals surface area contributed by atoms with E-state index in [1.54, 1.807) is 16.7 Å². The summed E-state index contributed by atoms with van der Waals surface area (Å²) < 4.78 is 44.9. The van der Waals surface area contributed by atoms with Crippen LogP contribution in [-0.2, 0) is 19.4 Å². The largest absolute Gasteiger partial charge is 0.376 e. The topological polar surface area (TPSA) is 76.6 Å². The number of carbonyl (C=O) groups excluding carboxylic acids is 1. The van der Waals surface area contributed by atoms with Crippen molar-refractivity contribution in [2.75, 3.05) is 30.1 Å². The number of amides is 1. The summed E-state index contributed by atoms with van der Waals surface area (Å²) in [6.45, 7) is 1.08. The van der Waals surface area contributed by atoms with E-state index in [2.05, 4.69) is 11.1 Å². The minimum absolute atomic E-state index is 0.0503. The molecule has 1 saturated heterocycles. The summed E-state index contributed by atoms with van der Waals surface area (Å²) in [5.41, 5.74) is 0.830. The van der Waals surface area contributed by atoms with Crippen LogP contribution in [0.1, 0.15) is 25.7 Å². The van der Waals surface area contributed by atoms with E-state index in [1.807, 2.05) is 18.4 Å². The molecule has 0 aliphatic carbocycles. The number of hydrogen-bond donors (Lipinski definition) is 0. The van der Waals surface area contributed by atoms with Crippen LogP contribution in [0.25, 0.3) is 10.2 Å². The number of anilines is 1. The molecule has 4 rings (SSSR count). The predicted molar refractivity (Wildman–Crippen MR) is 130 cm³/mol. The lowest BCUT2D eigenvalue weighted by atomic mass is 10.2. The van der Waals surface area contributed by atoms with Gasteiger partial charge in [0.25, 0.3) is 0 Å². The van der Waals surface area contributed by atoms with Gasteiger partial charge in [-0.15, -0.1) is 11.8 Å². The number of rotatable bonds is 9. The van der Waals surface area contributed by atoms with Crippen molar-refractivity contribution in [3.8, 4) is 0 Å². The first-order valence-electron chi connectivity index (χ1n) is 10.7. The van der Waals surface area contributed by atoms with Crippen LogP contribution in [0.15, 0.2) is 52.3 Å². The summed E-state index contributed by atoms with van der Waals surface area (Å²) in [5, 5.41) is 0.602. The molecule has 0 bridgehead atoms. The Labute approximate surface area is 201 Å². The van der Waals surface area contributed by atoms with Crippen molar-refractivity contribution in [2.24, 2.45) is 0 Å². The molecule has 0 saturated carbocycles. The van der Waals surface area contributed by atoms with Crippen LogP contribution in [0, 0.1) is 5.82 Å². The van der Waals surface area contributed by atoms with Crippen LogP contribution in [0.5, 0.6) is 0 Å². The lowest BCUT2D eigenvalue weighted by Crippen LogP contribution is -2.37. The first-order valence-corrected chi connectivity index (χ1v) is 14.4. The van der Waals surface area contributed by atoms with Crippen molar-refractivity contribution >= 4 is 54.2 Å². The Balaban J connectivity index is 1.48. The number of carbonyl (C=O) groups is 1. The zero-order valence-corrected chi connectivity index (χ0v) is 20.6. The molecular weight excluding hydrogens is 483 g/mol. The van der Waals surface area contributed by atoms with E-state index in [0.717, 1.165) is 40.1 Å². The summed E-state index contributed by atoms with van der Waals surface area (Å²) in [4.78, 5) is 20.7. The van der Waals surface area contributed by atoms with Crippen LogP contribution in [-0.4, -0.2) is 50.6 Å². The Hall–Kier alpha value is -2.01. The lowest BCUT2D eigenvalue weighted by Gasteiger charge is -2.23. The van der Waals surface area contributed by atoms with Gasteiger partial charge in [0.1, 0.15) is 5.82 Å². The van der Waals surface area contributed by atoms with Crippen molar-refractivity contribution in [2.45, 2.75) is 41.6 Å². The van der Waals surface area contributed by atoms with Crippen LogP contribution in [0.2, 0.25) is 0 Å². The van der Waals surface area contributed by atoms with E-state index in [9.17, 15) is 17.6 Å². The van der Waals surface area contributed by atoms with Crippen LogP contribution in [0.4, 0.5) is 9.52 Å². The van der Waals surface area contributed by atoms with E-state index < -0.39 is 15.7 Å². The van der Waals surface area contributed by atoms with Gasteiger partial charge < -0.3 is 4.74 Å². The molecule has 1 aliphatic rings. The average molecular weight is 509 g/mol. The quantitative estimate of drug-likeness (QED) is 0.302. The molecule has 1 fully saturated rings. The first-order chi connectivity index (χ1) is 15.9. The fraction of sp³-hybridized carbons (Fsp3) is 0.391. The van der Waals surface area contributed by atoms with Gasteiger partial charge in [0, 0.05) is 17.9 Å². The van der Waals surface area contributed by atoms with Crippen LogP contribution in [0.3, 0.4) is 0 Å². The Morgan fingerprint density at radius 1 is 1.27 bits per heavy atom. The number of halogens is 1. The molecule has 1 aliphatic heterocycles. The number of thiazole rings is 1. The number of hydrogen-bond acceptors (Lipinski definition) is 7. The highest BCUT2D eigenvalue weighted by molar-refractivity contribution is 7.98. The van der Waals surface area contributed by atoms with E-state index in [0.29, 0.717) is 18.3 Å². The van der Waals surface area contributed by atoms with Gasteiger partial charge in [-0.05, 0) is 68.0 Å². The normalized spacial score (nSPS) is 16.4. The van der Waals surface area contributed by atoms with Gasteiger partial charge in [0.05, 0.1) is 33.5 Å². The second-order valence-corrected chi connectivity index (χ2v) is 11.8. The van der Waals surface area contributed by atoms with Gasteiger partial charge in [-0.1, -0.05) is 11.3 Å². The number of fused-ring (bicyclic) bond motifs is 1. The molecular formula is C23H25FN2O4S3. The molecule has 6 nitrogen and oxygen atoms in total. The summed E-state index contributed by atoms with van der Waals surface area (Å²) in [6.07, 6.45) is 4.03. The fourth-order valence-electron chi connectivity index (χ4n) is 3.72. The second-order valence-electron chi connectivity index (χ2n) is 7.85. The zero-order chi connectivity index (χ0) is 23.4. The summed E-state index contributed by atoms with van der Waals surface area (Å²) in [5.74, 6) is -0.854. The Morgan fingerprint density at radius 2 is 2.06 bits per heavy atom. The summed E-state index contributed by atoms with van der Waals surface area (Å²) in [7, 11) is -3.59. The van der Waals surface area contributed by atoms with Crippen molar-refractivity contribution in [3.63, 3.8) is 0 Å². The van der Waals surface area contributed by atoms with Gasteiger partial charge in [-0.25, -0.2) is 17.8 Å². The number of sulfone groups is 1. The first kappa shape index (κ1) is 24.1. The van der Waals surface area contributed by atoms with Crippen molar-refractivity contribution in [1.29, 1.82) is 0 Å². The maximum absolute atomic E-state index is 13.2. The summed E-state index contributed by atoms with van der Waals surface area (Å²) in [6, 6.07) is 10.8. The Bertz CT molecular complexity index is 1220. The second kappa shape index (κ2) is 10.5. The van der Waals surface area contributed by atoms with Crippen molar-refractivity contribution < 1.29 is 22.3 Å². The summed E-state index contributed by atoms with van der Waals surface area (Å²) >= 11 is 3.10. The molecule has 0 N–H and O–H groups in total. The number of aromatic nitrogens is 1. The number of nitrogens with zero attached hydrogens (tertiary/aromatic N) is 2. The molecule has 1 unspecified atom stereocenters. The molecule has 3 aromatic rings. The molecule has 10 heteroatoms. The fourth-order valence-corrected chi connectivity index (χ4v) is 6.58. The van der Waals surface area contributed by atoms with E-state index in [1.165, 1.54) is 23.5 Å². The molecule has 1 aromatic heterocycles. The molecule has 2 aromatic carbocycles. The Morgan fingerprint density at radius 3 is 2.76 bits per heavy atom. The highest BCUT2D eigenvalue weighted by Crippen LogP contribution is 2.33. The van der Waals surface area contributed by atoms with Gasteiger partial charge in [-0.3, -0.25) is 9.69 Å². The molecule has 0 radical (unpaired) electrons. The van der Waals surface area contributed by atoms with Crippen molar-refractivity contribution in [3.05, 3.63) is 48.3 Å². The SMILES string of the molecule is CSc1ccc2nc(N(CC3CCCO3)C(=O)CCCS(=O)(=O)c3ccc(F)cc3)sc2c1. The zero-order valence-electron chi connectivity index (χ0n) is 18.2. The highest BCUT2D eigenvalue weighted by atomic mass is 32.2. The molecule has 33 heavy (non-hydrogen) atoms. The monoisotopic (exact) mass is 508 g/mol. The van der Waals surface area contributed by atoms with E-state index >= 15 is 0 Å². The minimum Gasteiger partial charge on any atom is -0.376 e. The third-order valence-electron chi connectivity index (χ3n) is 5.50. The van der Waals surface area contributed by atoms with Gasteiger partial charge in [0.15, 0.2) is 15.0 Å². The van der Waals surface area contributed by atoms with Gasteiger partial charge in [-0.2, -0.15) is 0 Å². The maximum atomic E-state index is 13.2. The van der Waals surface area contributed by atoms with Gasteiger partial charge >= 0.3 is 0 Å². The molecule has 1 amide bonds. The smallest absolute Gasteiger partial charge is 0.228 e. The molecule has 176 valence electrons. The van der Waals surface area contributed by atoms with Gasteiger partial charge in [0.2, 0.25) is 5.91 Å². The minimum atomic E-state index is -3.59. The van der Waals surface area contributed by atoms with Crippen LogP contribution >= 0.6 is 23.1 Å². The average Bonchev–Trinajstić information content (AvgIpc) is 3.46. The Kier molecular flexibility index (Phi) is 7.68. The lowest BCUT2D eigenvalue weighted by molar-refractivity contribution is -0.119. The third kappa shape index (κ3) is 5.92. The van der Waals surface area contributed by atoms with Crippen LogP contribution < -0.4 is 4.90 Å². The highest BCUT2D eigenvalue weighted by Gasteiger charge is 2.26. The molecule has 1 atom stereocenters.